The molecule has 1 aliphatic rings. The highest BCUT2D eigenvalue weighted by molar-refractivity contribution is 4.91. The fraction of sp³-hybridized carbons (Fsp3) is 1.00. The van der Waals surface area contributed by atoms with E-state index in [4.69, 9.17) is 0 Å². The average Bonchev–Trinajstić information content (AvgIpc) is 1.95. The Balaban J connectivity index is 2.48. The minimum atomic E-state index is -0.576. The molecule has 0 aliphatic heterocycles. The maximum Gasteiger partial charge on any atom is 0.0718 e. The Kier molecular flexibility index (Phi) is 4.42. The lowest BCUT2D eigenvalue weighted by molar-refractivity contribution is -0.0305. The van der Waals surface area contributed by atoms with E-state index in [1.165, 1.54) is 12.8 Å². The quantitative estimate of drug-likeness (QED) is 0.780. The molecule has 2 heteroatoms. The van der Waals surface area contributed by atoms with E-state index in [-0.39, 0.29) is 0 Å². The number of hydrogen-bond acceptors (Lipinski definition) is 2. The molecule has 0 aromatic carbocycles. The van der Waals surface area contributed by atoms with Crippen molar-refractivity contribution in [2.75, 3.05) is 6.54 Å². The van der Waals surface area contributed by atoms with E-state index >= 15 is 0 Å². The summed E-state index contributed by atoms with van der Waals surface area (Å²) in [6.07, 6.45) is 2.62. The summed E-state index contributed by atoms with van der Waals surface area (Å²) >= 11 is 0. The standard InChI is InChI=1S/C14H29NO/c1-10(2)12-7-13(8-12)15(11(3)4)9-14(5,6)16/h10-13,16H,7-9H2,1-6H3/t12-,13-. The van der Waals surface area contributed by atoms with Crippen LogP contribution in [0.5, 0.6) is 0 Å². The molecule has 0 aromatic rings. The fourth-order valence-electron chi connectivity index (χ4n) is 2.63. The zero-order valence-corrected chi connectivity index (χ0v) is 11.8. The van der Waals surface area contributed by atoms with Gasteiger partial charge < -0.3 is 5.11 Å². The summed E-state index contributed by atoms with van der Waals surface area (Å²) in [6, 6.07) is 1.23. The lowest BCUT2D eigenvalue weighted by atomic mass is 9.72. The van der Waals surface area contributed by atoms with E-state index in [1.807, 2.05) is 13.8 Å². The summed E-state index contributed by atoms with van der Waals surface area (Å²) in [5.74, 6) is 1.71. The molecule has 0 radical (unpaired) electrons. The highest BCUT2D eigenvalue weighted by atomic mass is 16.3. The van der Waals surface area contributed by atoms with Crippen LogP contribution < -0.4 is 0 Å². The fourth-order valence-corrected chi connectivity index (χ4v) is 2.63. The predicted molar refractivity (Wildman–Crippen MR) is 69.5 cm³/mol. The van der Waals surface area contributed by atoms with Crippen molar-refractivity contribution >= 4 is 0 Å². The molecule has 96 valence electrons. The second-order valence-electron chi connectivity index (χ2n) is 6.71. The molecular weight excluding hydrogens is 198 g/mol. The van der Waals surface area contributed by atoms with Crippen molar-refractivity contribution in [2.45, 2.75) is 72.1 Å². The van der Waals surface area contributed by atoms with Crippen LogP contribution >= 0.6 is 0 Å². The second kappa shape index (κ2) is 5.05. The molecule has 0 spiro atoms. The summed E-state index contributed by atoms with van der Waals surface area (Å²) in [5, 5.41) is 9.94. The molecule has 1 aliphatic carbocycles. The largest absolute Gasteiger partial charge is 0.389 e. The second-order valence-corrected chi connectivity index (χ2v) is 6.71. The van der Waals surface area contributed by atoms with Crippen molar-refractivity contribution in [1.29, 1.82) is 0 Å². The summed E-state index contributed by atoms with van der Waals surface area (Å²) < 4.78 is 0. The van der Waals surface area contributed by atoms with E-state index in [1.54, 1.807) is 0 Å². The third-order valence-electron chi connectivity index (χ3n) is 3.79. The van der Waals surface area contributed by atoms with Crippen LogP contribution in [0.1, 0.15) is 54.4 Å². The summed E-state index contributed by atoms with van der Waals surface area (Å²) in [4.78, 5) is 2.47. The van der Waals surface area contributed by atoms with Gasteiger partial charge in [0.25, 0.3) is 0 Å². The van der Waals surface area contributed by atoms with Crippen LogP contribution in [0.4, 0.5) is 0 Å². The Morgan fingerprint density at radius 1 is 1.19 bits per heavy atom. The molecule has 16 heavy (non-hydrogen) atoms. The van der Waals surface area contributed by atoms with Gasteiger partial charge in [0.2, 0.25) is 0 Å². The normalized spacial score (nSPS) is 26.6. The summed E-state index contributed by atoms with van der Waals surface area (Å²) in [5.41, 5.74) is -0.576. The topological polar surface area (TPSA) is 23.5 Å². The third kappa shape index (κ3) is 3.74. The molecule has 0 atom stereocenters. The molecule has 0 heterocycles. The Labute approximate surface area is 101 Å². The molecule has 0 unspecified atom stereocenters. The van der Waals surface area contributed by atoms with Crippen LogP contribution in [0.2, 0.25) is 0 Å². The first-order chi connectivity index (χ1) is 7.20. The van der Waals surface area contributed by atoms with Gasteiger partial charge in [0.1, 0.15) is 0 Å². The number of hydrogen-bond donors (Lipinski definition) is 1. The molecule has 1 N–H and O–H groups in total. The first-order valence-electron chi connectivity index (χ1n) is 6.69. The van der Waals surface area contributed by atoms with Crippen LogP contribution in [0.3, 0.4) is 0 Å². The highest BCUT2D eigenvalue weighted by Crippen LogP contribution is 2.38. The Morgan fingerprint density at radius 3 is 2.00 bits per heavy atom. The number of aliphatic hydroxyl groups is 1. The Hall–Kier alpha value is -0.0800. The SMILES string of the molecule is CC(C)N(CC(C)(C)O)[C@H]1C[C@H](C(C)C)C1. The summed E-state index contributed by atoms with van der Waals surface area (Å²) in [7, 11) is 0. The van der Waals surface area contributed by atoms with Gasteiger partial charge in [0, 0.05) is 18.6 Å². The molecule has 2 nitrogen and oxygen atoms in total. The van der Waals surface area contributed by atoms with Gasteiger partial charge in [0.15, 0.2) is 0 Å². The van der Waals surface area contributed by atoms with Crippen molar-refractivity contribution in [3.8, 4) is 0 Å². The highest BCUT2D eigenvalue weighted by Gasteiger charge is 2.37. The van der Waals surface area contributed by atoms with E-state index in [0.29, 0.717) is 12.1 Å². The molecule has 0 amide bonds. The average molecular weight is 227 g/mol. The maximum absolute atomic E-state index is 9.94. The molecule has 0 saturated heterocycles. The third-order valence-corrected chi connectivity index (χ3v) is 3.79. The first-order valence-corrected chi connectivity index (χ1v) is 6.69. The van der Waals surface area contributed by atoms with E-state index < -0.39 is 5.60 Å². The van der Waals surface area contributed by atoms with Gasteiger partial charge in [-0.2, -0.15) is 0 Å². The number of rotatable bonds is 5. The van der Waals surface area contributed by atoms with Gasteiger partial charge in [-0.25, -0.2) is 0 Å². The monoisotopic (exact) mass is 227 g/mol. The first kappa shape index (κ1) is 14.0. The van der Waals surface area contributed by atoms with Gasteiger partial charge in [-0.3, -0.25) is 4.90 Å². The predicted octanol–water partition coefficient (Wildman–Crippen LogP) is 2.90. The lowest BCUT2D eigenvalue weighted by Crippen LogP contribution is -2.53. The van der Waals surface area contributed by atoms with Crippen molar-refractivity contribution in [3.05, 3.63) is 0 Å². The van der Waals surface area contributed by atoms with E-state index in [9.17, 15) is 5.11 Å². The molecular formula is C14H29NO. The van der Waals surface area contributed by atoms with Gasteiger partial charge in [-0.05, 0) is 52.4 Å². The Bertz CT molecular complexity index is 211. The zero-order valence-electron chi connectivity index (χ0n) is 11.8. The minimum absolute atomic E-state index is 0.532. The van der Waals surface area contributed by atoms with Crippen molar-refractivity contribution in [3.63, 3.8) is 0 Å². The van der Waals surface area contributed by atoms with Crippen LogP contribution in [-0.4, -0.2) is 34.2 Å². The lowest BCUT2D eigenvalue weighted by Gasteiger charge is -2.48. The Morgan fingerprint density at radius 2 is 1.69 bits per heavy atom. The smallest absolute Gasteiger partial charge is 0.0718 e. The number of nitrogens with zero attached hydrogens (tertiary/aromatic N) is 1. The maximum atomic E-state index is 9.94. The van der Waals surface area contributed by atoms with Crippen molar-refractivity contribution < 1.29 is 5.11 Å². The van der Waals surface area contributed by atoms with Crippen LogP contribution in [0.25, 0.3) is 0 Å². The molecule has 0 aromatic heterocycles. The molecule has 1 saturated carbocycles. The van der Waals surface area contributed by atoms with Crippen LogP contribution in [0.15, 0.2) is 0 Å². The van der Waals surface area contributed by atoms with E-state index in [2.05, 4.69) is 32.6 Å². The van der Waals surface area contributed by atoms with Gasteiger partial charge in [-0.1, -0.05) is 13.8 Å². The summed E-state index contributed by atoms with van der Waals surface area (Å²) in [6.45, 7) is 13.7. The van der Waals surface area contributed by atoms with Crippen molar-refractivity contribution in [2.24, 2.45) is 11.8 Å². The molecule has 1 fully saturated rings. The van der Waals surface area contributed by atoms with E-state index in [0.717, 1.165) is 18.4 Å². The van der Waals surface area contributed by atoms with Gasteiger partial charge in [0.05, 0.1) is 5.60 Å². The van der Waals surface area contributed by atoms with Gasteiger partial charge >= 0.3 is 0 Å². The van der Waals surface area contributed by atoms with Crippen molar-refractivity contribution in [1.82, 2.24) is 4.90 Å². The molecule has 1 rings (SSSR count). The van der Waals surface area contributed by atoms with Gasteiger partial charge in [-0.15, -0.1) is 0 Å². The minimum Gasteiger partial charge on any atom is -0.389 e. The van der Waals surface area contributed by atoms with Crippen LogP contribution in [0, 0.1) is 11.8 Å². The molecule has 0 bridgehead atoms. The van der Waals surface area contributed by atoms with Crippen LogP contribution in [-0.2, 0) is 0 Å². The zero-order chi connectivity index (χ0) is 12.5.